The number of ether oxygens (including phenoxy) is 1. The number of hydrogen-bond acceptors (Lipinski definition) is 7. The molecule has 8 heteroatoms. The highest BCUT2D eigenvalue weighted by molar-refractivity contribution is 7.13. The molecule has 0 spiro atoms. The van der Waals surface area contributed by atoms with E-state index < -0.39 is 0 Å². The number of thiophene rings is 1. The predicted octanol–water partition coefficient (Wildman–Crippen LogP) is 4.34. The Bertz CT molecular complexity index is 1090. The molecule has 0 N–H and O–H groups in total. The van der Waals surface area contributed by atoms with Crippen molar-refractivity contribution in [1.82, 2.24) is 19.5 Å². The summed E-state index contributed by atoms with van der Waals surface area (Å²) in [5.41, 5.74) is 2.34. The lowest BCUT2D eigenvalue weighted by atomic mass is 10.2. The molecule has 0 aliphatic heterocycles. The first-order valence-corrected chi connectivity index (χ1v) is 9.95. The molecule has 0 fully saturated rings. The van der Waals surface area contributed by atoms with Crippen LogP contribution in [-0.2, 0) is 4.74 Å². The lowest BCUT2D eigenvalue weighted by molar-refractivity contribution is 0.0526. The van der Waals surface area contributed by atoms with Crippen LogP contribution in [0.1, 0.15) is 17.3 Å². The van der Waals surface area contributed by atoms with Crippen molar-refractivity contribution < 1.29 is 9.53 Å². The van der Waals surface area contributed by atoms with Gasteiger partial charge in [-0.3, -0.25) is 4.57 Å². The smallest absolute Gasteiger partial charge is 0.338 e. The maximum atomic E-state index is 11.9. The van der Waals surface area contributed by atoms with Gasteiger partial charge in [-0.15, -0.1) is 11.3 Å². The van der Waals surface area contributed by atoms with Gasteiger partial charge in [0.05, 0.1) is 17.7 Å². The highest BCUT2D eigenvalue weighted by atomic mass is 32.1. The second-order valence-electron chi connectivity index (χ2n) is 6.18. The van der Waals surface area contributed by atoms with Crippen molar-refractivity contribution >= 4 is 28.8 Å². The zero-order chi connectivity index (χ0) is 20.2. The molecule has 0 radical (unpaired) electrons. The van der Waals surface area contributed by atoms with Crippen LogP contribution < -0.4 is 4.90 Å². The van der Waals surface area contributed by atoms with Crippen molar-refractivity contribution in [3.63, 3.8) is 0 Å². The summed E-state index contributed by atoms with van der Waals surface area (Å²) in [5, 5.41) is 2.02. The van der Waals surface area contributed by atoms with Crippen LogP contribution >= 0.6 is 11.3 Å². The monoisotopic (exact) mass is 405 g/mol. The number of rotatable bonds is 6. The van der Waals surface area contributed by atoms with E-state index in [1.54, 1.807) is 53.7 Å². The molecule has 146 valence electrons. The topological polar surface area (TPSA) is 73.1 Å². The third-order valence-corrected chi connectivity index (χ3v) is 5.26. The molecule has 0 atom stereocenters. The van der Waals surface area contributed by atoms with Crippen LogP contribution in [0.5, 0.6) is 0 Å². The number of aromatic nitrogens is 4. The van der Waals surface area contributed by atoms with Gasteiger partial charge in [-0.2, -0.15) is 4.98 Å². The second kappa shape index (κ2) is 8.24. The molecule has 7 nitrogen and oxygen atoms in total. The van der Waals surface area contributed by atoms with Gasteiger partial charge in [-0.25, -0.2) is 14.8 Å². The maximum Gasteiger partial charge on any atom is 0.338 e. The summed E-state index contributed by atoms with van der Waals surface area (Å²) in [5.74, 6) is 0.966. The van der Waals surface area contributed by atoms with Crippen LogP contribution in [0.15, 0.2) is 66.7 Å². The van der Waals surface area contributed by atoms with Crippen LogP contribution in [0.2, 0.25) is 0 Å². The molecular weight excluding hydrogens is 386 g/mol. The molecule has 3 heterocycles. The van der Waals surface area contributed by atoms with Gasteiger partial charge >= 0.3 is 5.97 Å². The SMILES string of the molecule is CCOC(=O)c1ccc(N(C)c2nc(-n3ccnc3)ncc2-c2cccs2)cc1. The van der Waals surface area contributed by atoms with Crippen LogP contribution in [0, 0.1) is 0 Å². The van der Waals surface area contributed by atoms with E-state index in [1.807, 2.05) is 47.8 Å². The summed E-state index contributed by atoms with van der Waals surface area (Å²) < 4.78 is 6.82. The first-order chi connectivity index (χ1) is 14.2. The predicted molar refractivity (Wildman–Crippen MR) is 113 cm³/mol. The summed E-state index contributed by atoms with van der Waals surface area (Å²) in [6, 6.07) is 11.3. The summed E-state index contributed by atoms with van der Waals surface area (Å²) in [4.78, 5) is 28.3. The van der Waals surface area contributed by atoms with Gasteiger partial charge in [0.1, 0.15) is 12.1 Å². The van der Waals surface area contributed by atoms with Gasteiger partial charge < -0.3 is 9.64 Å². The van der Waals surface area contributed by atoms with Gasteiger partial charge in [-0.1, -0.05) is 6.07 Å². The second-order valence-corrected chi connectivity index (χ2v) is 7.13. The average Bonchev–Trinajstić information content (AvgIpc) is 3.47. The third-order valence-electron chi connectivity index (χ3n) is 4.36. The van der Waals surface area contributed by atoms with E-state index in [9.17, 15) is 4.79 Å². The summed E-state index contributed by atoms with van der Waals surface area (Å²) >= 11 is 1.63. The number of anilines is 2. The van der Waals surface area contributed by atoms with Crippen LogP contribution in [0.4, 0.5) is 11.5 Å². The van der Waals surface area contributed by atoms with Crippen LogP contribution in [0.3, 0.4) is 0 Å². The first-order valence-electron chi connectivity index (χ1n) is 9.07. The Hall–Kier alpha value is -3.52. The van der Waals surface area contributed by atoms with E-state index in [-0.39, 0.29) is 5.97 Å². The van der Waals surface area contributed by atoms with Crippen molar-refractivity contribution in [2.24, 2.45) is 0 Å². The van der Waals surface area contributed by atoms with Crippen molar-refractivity contribution in [2.45, 2.75) is 6.92 Å². The number of imidazole rings is 1. The minimum absolute atomic E-state index is 0.328. The number of hydrogen-bond donors (Lipinski definition) is 0. The molecule has 0 aliphatic rings. The molecule has 0 bridgehead atoms. The molecule has 3 aromatic heterocycles. The zero-order valence-electron chi connectivity index (χ0n) is 16.0. The molecule has 0 amide bonds. The normalized spacial score (nSPS) is 10.7. The number of esters is 1. The third kappa shape index (κ3) is 3.88. The van der Waals surface area contributed by atoms with Crippen LogP contribution in [-0.4, -0.2) is 39.1 Å². The number of nitrogens with zero attached hydrogens (tertiary/aromatic N) is 5. The van der Waals surface area contributed by atoms with Crippen molar-refractivity contribution in [3.05, 3.63) is 72.3 Å². The van der Waals surface area contributed by atoms with Crippen molar-refractivity contribution in [1.29, 1.82) is 0 Å². The fraction of sp³-hybridized carbons (Fsp3) is 0.143. The Labute approximate surface area is 172 Å². The number of carbonyl (C=O) groups excluding carboxylic acids is 1. The molecule has 4 rings (SSSR count). The Morgan fingerprint density at radius 2 is 2.07 bits per heavy atom. The van der Waals surface area contributed by atoms with E-state index in [0.29, 0.717) is 18.1 Å². The Kier molecular flexibility index (Phi) is 5.35. The fourth-order valence-corrected chi connectivity index (χ4v) is 3.62. The Morgan fingerprint density at radius 3 is 2.72 bits per heavy atom. The Balaban J connectivity index is 1.73. The lowest BCUT2D eigenvalue weighted by Gasteiger charge is -2.21. The summed E-state index contributed by atoms with van der Waals surface area (Å²) in [6.45, 7) is 2.14. The maximum absolute atomic E-state index is 11.9. The van der Waals surface area contributed by atoms with E-state index in [4.69, 9.17) is 9.72 Å². The number of carbonyl (C=O) groups is 1. The highest BCUT2D eigenvalue weighted by Crippen LogP contribution is 2.35. The molecule has 29 heavy (non-hydrogen) atoms. The molecule has 0 saturated heterocycles. The van der Waals surface area contributed by atoms with Gasteiger partial charge in [0.15, 0.2) is 0 Å². The summed E-state index contributed by atoms with van der Waals surface area (Å²) in [6.07, 6.45) is 6.98. The fourth-order valence-electron chi connectivity index (χ4n) is 2.88. The Morgan fingerprint density at radius 1 is 1.24 bits per heavy atom. The molecule has 0 aliphatic carbocycles. The molecule has 0 unspecified atom stereocenters. The molecular formula is C21H19N5O2S. The first kappa shape index (κ1) is 18.8. The van der Waals surface area contributed by atoms with E-state index in [2.05, 4.69) is 9.97 Å². The van der Waals surface area contributed by atoms with Gasteiger partial charge in [0.2, 0.25) is 5.95 Å². The molecule has 1 aromatic carbocycles. The zero-order valence-corrected chi connectivity index (χ0v) is 16.8. The summed E-state index contributed by atoms with van der Waals surface area (Å²) in [7, 11) is 1.94. The average molecular weight is 405 g/mol. The van der Waals surface area contributed by atoms with Crippen molar-refractivity contribution in [2.75, 3.05) is 18.6 Å². The van der Waals surface area contributed by atoms with Crippen molar-refractivity contribution in [3.8, 4) is 16.4 Å². The van der Waals surface area contributed by atoms with Crippen LogP contribution in [0.25, 0.3) is 16.4 Å². The van der Waals surface area contributed by atoms with Gasteiger partial charge in [-0.05, 0) is 42.6 Å². The minimum atomic E-state index is -0.328. The molecule has 4 aromatic rings. The van der Waals surface area contributed by atoms with E-state index in [1.165, 1.54) is 0 Å². The lowest BCUT2D eigenvalue weighted by Crippen LogP contribution is -2.15. The molecule has 0 saturated carbocycles. The highest BCUT2D eigenvalue weighted by Gasteiger charge is 2.17. The minimum Gasteiger partial charge on any atom is -0.462 e. The largest absolute Gasteiger partial charge is 0.462 e. The quantitative estimate of drug-likeness (QED) is 0.445. The standard InChI is InChI=1S/C21H19N5O2S/c1-3-28-20(27)15-6-8-16(9-7-15)25(2)19-17(18-5-4-12-29-18)13-23-21(24-19)26-11-10-22-14-26/h4-14H,3H2,1-2H3. The van der Waals surface area contributed by atoms with Gasteiger partial charge in [0, 0.05) is 36.2 Å². The number of benzene rings is 1. The van der Waals surface area contributed by atoms with E-state index in [0.717, 1.165) is 21.9 Å². The van der Waals surface area contributed by atoms with E-state index >= 15 is 0 Å². The van der Waals surface area contributed by atoms with Gasteiger partial charge in [0.25, 0.3) is 0 Å².